The minimum absolute atomic E-state index is 0.0793. The van der Waals surface area contributed by atoms with E-state index in [-0.39, 0.29) is 17.5 Å². The molecule has 2 heterocycles. The average molecular weight is 328 g/mol. The van der Waals surface area contributed by atoms with Crippen LogP contribution in [0.4, 0.5) is 0 Å². The largest absolute Gasteiger partial charge is 0.337 e. The minimum Gasteiger partial charge on any atom is -0.337 e. The third-order valence-electron chi connectivity index (χ3n) is 3.34. The Morgan fingerprint density at radius 2 is 2.32 bits per heavy atom. The molecule has 19 heavy (non-hydrogen) atoms. The van der Waals surface area contributed by atoms with E-state index < -0.39 is 0 Å². The third-order valence-corrected chi connectivity index (χ3v) is 3.80. The van der Waals surface area contributed by atoms with Gasteiger partial charge >= 0.3 is 0 Å². The lowest BCUT2D eigenvalue weighted by molar-refractivity contribution is -0.134. The molecule has 1 saturated heterocycles. The molecule has 1 atom stereocenters. The van der Waals surface area contributed by atoms with Crippen LogP contribution in [-0.4, -0.2) is 41.1 Å². The van der Waals surface area contributed by atoms with Gasteiger partial charge in [0, 0.05) is 55.4 Å². The van der Waals surface area contributed by atoms with Crippen molar-refractivity contribution in [2.24, 2.45) is 0 Å². The molecule has 0 saturated carbocycles. The highest BCUT2D eigenvalue weighted by molar-refractivity contribution is 9.10. The number of piperazine rings is 1. The Balaban J connectivity index is 1.96. The molecule has 104 valence electrons. The van der Waals surface area contributed by atoms with Gasteiger partial charge in [0.1, 0.15) is 0 Å². The predicted molar refractivity (Wildman–Crippen MR) is 77.1 cm³/mol. The molecule has 1 aromatic rings. The molecule has 0 aliphatic carbocycles. The van der Waals surface area contributed by atoms with Crippen LogP contribution in [0.25, 0.3) is 0 Å². The van der Waals surface area contributed by atoms with Crippen LogP contribution in [0.5, 0.6) is 0 Å². The first-order valence-electron chi connectivity index (χ1n) is 6.44. The number of nitrogens with zero attached hydrogens (tertiary/aromatic N) is 2. The van der Waals surface area contributed by atoms with E-state index in [0.717, 1.165) is 24.1 Å². The summed E-state index contributed by atoms with van der Waals surface area (Å²) in [4.78, 5) is 25.7. The fraction of sp³-hybridized carbons (Fsp3) is 0.538. The molecule has 1 aromatic heterocycles. The zero-order valence-electron chi connectivity index (χ0n) is 10.9. The number of aromatic nitrogens is 1. The van der Waals surface area contributed by atoms with Crippen LogP contribution in [-0.2, 0) is 11.3 Å². The maximum atomic E-state index is 12.1. The van der Waals surface area contributed by atoms with Crippen LogP contribution < -0.4 is 10.9 Å². The molecule has 0 unspecified atom stereocenters. The first-order chi connectivity index (χ1) is 9.08. The first-order valence-corrected chi connectivity index (χ1v) is 7.23. The van der Waals surface area contributed by atoms with Crippen molar-refractivity contribution in [3.8, 4) is 0 Å². The number of hydrogen-bond donors (Lipinski definition) is 1. The van der Waals surface area contributed by atoms with Crippen LogP contribution in [0, 0.1) is 0 Å². The van der Waals surface area contributed by atoms with Gasteiger partial charge in [-0.1, -0.05) is 0 Å². The van der Waals surface area contributed by atoms with Gasteiger partial charge in [0.25, 0.3) is 5.56 Å². The van der Waals surface area contributed by atoms with Gasteiger partial charge in [-0.3, -0.25) is 9.59 Å². The van der Waals surface area contributed by atoms with Gasteiger partial charge in [0.2, 0.25) is 5.91 Å². The Bertz CT molecular complexity index is 515. The lowest BCUT2D eigenvalue weighted by atomic mass is 10.2. The molecule has 0 radical (unpaired) electrons. The van der Waals surface area contributed by atoms with Crippen LogP contribution in [0.3, 0.4) is 0 Å². The lowest BCUT2D eigenvalue weighted by Crippen LogP contribution is -2.52. The summed E-state index contributed by atoms with van der Waals surface area (Å²) in [5, 5.41) is 3.25. The quantitative estimate of drug-likeness (QED) is 0.894. The molecule has 1 N–H and O–H groups in total. The molecule has 1 fully saturated rings. The molecule has 5 nitrogen and oxygen atoms in total. The smallest absolute Gasteiger partial charge is 0.250 e. The molecule has 1 aliphatic rings. The Labute approximate surface area is 120 Å². The Morgan fingerprint density at radius 3 is 3.05 bits per heavy atom. The molecule has 0 spiro atoms. The monoisotopic (exact) mass is 327 g/mol. The molecule has 0 bridgehead atoms. The van der Waals surface area contributed by atoms with E-state index in [4.69, 9.17) is 0 Å². The first kappa shape index (κ1) is 14.3. The summed E-state index contributed by atoms with van der Waals surface area (Å²) in [5.41, 5.74) is -0.0793. The molecular weight excluding hydrogens is 310 g/mol. The molecular formula is C13H18BrN3O2. The number of hydrogen-bond acceptors (Lipinski definition) is 3. The number of aryl methyl sites for hydroxylation is 1. The standard InChI is InChI=1S/C13H18BrN3O2/c1-10-8-15-5-7-17(10)13(19)4-6-16-9-11(14)2-3-12(16)18/h2-3,9-10,15H,4-8H2,1H3/t10-/m0/s1. The number of halogens is 1. The van der Waals surface area contributed by atoms with Gasteiger partial charge in [-0.05, 0) is 28.9 Å². The highest BCUT2D eigenvalue weighted by Gasteiger charge is 2.22. The molecule has 0 aromatic carbocycles. The van der Waals surface area contributed by atoms with Crippen molar-refractivity contribution >= 4 is 21.8 Å². The number of pyridine rings is 1. The van der Waals surface area contributed by atoms with Crippen molar-refractivity contribution in [1.29, 1.82) is 0 Å². The molecule has 2 rings (SSSR count). The maximum Gasteiger partial charge on any atom is 0.250 e. The zero-order chi connectivity index (χ0) is 13.8. The second-order valence-electron chi connectivity index (χ2n) is 4.77. The topological polar surface area (TPSA) is 54.3 Å². The van der Waals surface area contributed by atoms with E-state index >= 15 is 0 Å². The Hall–Kier alpha value is -1.14. The van der Waals surface area contributed by atoms with Crippen LogP contribution in [0.15, 0.2) is 27.6 Å². The zero-order valence-corrected chi connectivity index (χ0v) is 12.5. The third kappa shape index (κ3) is 3.67. The van der Waals surface area contributed by atoms with Crippen molar-refractivity contribution < 1.29 is 4.79 Å². The van der Waals surface area contributed by atoms with E-state index in [0.29, 0.717) is 13.0 Å². The summed E-state index contributed by atoms with van der Waals surface area (Å²) in [6, 6.07) is 3.43. The fourth-order valence-electron chi connectivity index (χ4n) is 2.25. The van der Waals surface area contributed by atoms with Gasteiger partial charge in [-0.25, -0.2) is 0 Å². The van der Waals surface area contributed by atoms with Gasteiger partial charge < -0.3 is 14.8 Å². The van der Waals surface area contributed by atoms with Crippen molar-refractivity contribution in [3.05, 3.63) is 33.2 Å². The highest BCUT2D eigenvalue weighted by atomic mass is 79.9. The summed E-state index contributed by atoms with van der Waals surface area (Å²) in [6.07, 6.45) is 2.08. The van der Waals surface area contributed by atoms with E-state index in [1.807, 2.05) is 11.8 Å². The minimum atomic E-state index is -0.0793. The van der Waals surface area contributed by atoms with Crippen molar-refractivity contribution in [3.63, 3.8) is 0 Å². The number of amides is 1. The molecule has 6 heteroatoms. The van der Waals surface area contributed by atoms with Crippen molar-refractivity contribution in [1.82, 2.24) is 14.8 Å². The van der Waals surface area contributed by atoms with E-state index in [1.165, 1.54) is 6.07 Å². The highest BCUT2D eigenvalue weighted by Crippen LogP contribution is 2.08. The number of nitrogens with one attached hydrogen (secondary N) is 1. The SMILES string of the molecule is C[C@H]1CNCCN1C(=O)CCn1cc(Br)ccc1=O. The molecule has 1 amide bonds. The summed E-state index contributed by atoms with van der Waals surface area (Å²) in [5.74, 6) is 0.112. The van der Waals surface area contributed by atoms with Crippen molar-refractivity contribution in [2.45, 2.75) is 25.9 Å². The predicted octanol–water partition coefficient (Wildman–Crippen LogP) is 0.821. The van der Waals surface area contributed by atoms with Crippen LogP contribution in [0.1, 0.15) is 13.3 Å². The summed E-state index contributed by atoms with van der Waals surface area (Å²) in [7, 11) is 0. The second-order valence-corrected chi connectivity index (χ2v) is 5.68. The van der Waals surface area contributed by atoms with Gasteiger partial charge in [0.15, 0.2) is 0 Å². The fourth-order valence-corrected chi connectivity index (χ4v) is 2.63. The van der Waals surface area contributed by atoms with E-state index in [9.17, 15) is 9.59 Å². The van der Waals surface area contributed by atoms with Gasteiger partial charge in [0.05, 0.1) is 0 Å². The average Bonchev–Trinajstić information content (AvgIpc) is 2.40. The summed E-state index contributed by atoms with van der Waals surface area (Å²) < 4.78 is 2.41. The summed E-state index contributed by atoms with van der Waals surface area (Å²) >= 11 is 3.33. The second kappa shape index (κ2) is 6.34. The van der Waals surface area contributed by atoms with Gasteiger partial charge in [-0.2, -0.15) is 0 Å². The normalized spacial score (nSPS) is 19.5. The van der Waals surface area contributed by atoms with Crippen LogP contribution in [0.2, 0.25) is 0 Å². The Morgan fingerprint density at radius 1 is 1.53 bits per heavy atom. The Kier molecular flexibility index (Phi) is 4.76. The van der Waals surface area contributed by atoms with Gasteiger partial charge in [-0.15, -0.1) is 0 Å². The number of carbonyl (C=O) groups is 1. The van der Waals surface area contributed by atoms with E-state index in [1.54, 1.807) is 16.8 Å². The molecule has 1 aliphatic heterocycles. The maximum absolute atomic E-state index is 12.1. The number of rotatable bonds is 3. The van der Waals surface area contributed by atoms with Crippen molar-refractivity contribution in [2.75, 3.05) is 19.6 Å². The summed E-state index contributed by atoms with van der Waals surface area (Å²) in [6.45, 7) is 4.88. The van der Waals surface area contributed by atoms with Crippen LogP contribution >= 0.6 is 15.9 Å². The van der Waals surface area contributed by atoms with E-state index in [2.05, 4.69) is 21.2 Å². The lowest BCUT2D eigenvalue weighted by Gasteiger charge is -2.34. The number of carbonyl (C=O) groups excluding carboxylic acids is 1.